The van der Waals surface area contributed by atoms with Crippen LogP contribution in [0.2, 0.25) is 5.02 Å². The lowest BCUT2D eigenvalue weighted by atomic mass is 10.3. The van der Waals surface area contributed by atoms with E-state index in [9.17, 15) is 0 Å². The van der Waals surface area contributed by atoms with Gasteiger partial charge in [-0.2, -0.15) is 0 Å². The molecule has 0 fully saturated rings. The molecule has 1 aromatic carbocycles. The Labute approximate surface area is 113 Å². The molecule has 0 aliphatic heterocycles. The molecule has 0 spiro atoms. The fourth-order valence-electron chi connectivity index (χ4n) is 1.28. The van der Waals surface area contributed by atoms with Crippen LogP contribution in [0.5, 0.6) is 5.75 Å². The Morgan fingerprint density at radius 2 is 2.22 bits per heavy atom. The van der Waals surface area contributed by atoms with Gasteiger partial charge in [0.25, 0.3) is 0 Å². The molecule has 4 nitrogen and oxygen atoms in total. The Kier molecular flexibility index (Phi) is 6.72. The molecule has 18 heavy (non-hydrogen) atoms. The van der Waals surface area contributed by atoms with Gasteiger partial charge in [-0.05, 0) is 12.1 Å². The van der Waals surface area contributed by atoms with Crippen LogP contribution in [0.3, 0.4) is 0 Å². The summed E-state index contributed by atoms with van der Waals surface area (Å²) in [4.78, 5) is 4.05. The molecule has 0 heterocycles. The van der Waals surface area contributed by atoms with Gasteiger partial charge in [-0.1, -0.05) is 29.8 Å². The van der Waals surface area contributed by atoms with Crippen LogP contribution < -0.4 is 15.4 Å². The predicted molar refractivity (Wildman–Crippen MR) is 76.5 cm³/mol. The monoisotopic (exact) mass is 267 g/mol. The van der Waals surface area contributed by atoms with E-state index < -0.39 is 0 Å². The highest BCUT2D eigenvalue weighted by Crippen LogP contribution is 2.22. The summed E-state index contributed by atoms with van der Waals surface area (Å²) in [5, 5.41) is 6.80. The molecule has 0 atom stereocenters. The number of benzene rings is 1. The van der Waals surface area contributed by atoms with Crippen LogP contribution in [-0.2, 0) is 0 Å². The van der Waals surface area contributed by atoms with Crippen LogP contribution in [0.15, 0.2) is 41.9 Å². The maximum atomic E-state index is 5.97. The second-order valence-corrected chi connectivity index (χ2v) is 3.85. The van der Waals surface area contributed by atoms with Crippen LogP contribution in [0, 0.1) is 0 Å². The molecule has 0 unspecified atom stereocenters. The van der Waals surface area contributed by atoms with Gasteiger partial charge in [0.2, 0.25) is 0 Å². The van der Waals surface area contributed by atoms with E-state index in [4.69, 9.17) is 16.3 Å². The van der Waals surface area contributed by atoms with E-state index in [-0.39, 0.29) is 0 Å². The molecule has 0 aliphatic rings. The molecule has 1 rings (SSSR count). The molecule has 0 amide bonds. The molecular weight excluding hydrogens is 250 g/mol. The SMILES string of the molecule is C=CCNC(=NC)NCCOc1ccccc1Cl. The fourth-order valence-corrected chi connectivity index (χ4v) is 1.47. The van der Waals surface area contributed by atoms with Crippen LogP contribution >= 0.6 is 11.6 Å². The van der Waals surface area contributed by atoms with E-state index >= 15 is 0 Å². The van der Waals surface area contributed by atoms with E-state index in [2.05, 4.69) is 22.2 Å². The number of rotatable bonds is 6. The largest absolute Gasteiger partial charge is 0.490 e. The van der Waals surface area contributed by atoms with Gasteiger partial charge in [0.1, 0.15) is 12.4 Å². The van der Waals surface area contributed by atoms with Gasteiger partial charge in [-0.25, -0.2) is 0 Å². The quantitative estimate of drug-likeness (QED) is 0.359. The maximum absolute atomic E-state index is 5.97. The van der Waals surface area contributed by atoms with Crippen LogP contribution in [-0.4, -0.2) is 32.7 Å². The molecule has 5 heteroatoms. The third-order valence-electron chi connectivity index (χ3n) is 2.13. The van der Waals surface area contributed by atoms with Crippen molar-refractivity contribution in [3.05, 3.63) is 41.9 Å². The average molecular weight is 268 g/mol. The second-order valence-electron chi connectivity index (χ2n) is 3.45. The number of halogens is 1. The van der Waals surface area contributed by atoms with Crippen LogP contribution in [0.1, 0.15) is 0 Å². The molecule has 0 radical (unpaired) electrons. The number of hydrogen-bond donors (Lipinski definition) is 2. The van der Waals surface area contributed by atoms with Gasteiger partial charge in [-0.3, -0.25) is 4.99 Å². The van der Waals surface area contributed by atoms with Gasteiger partial charge in [0.15, 0.2) is 5.96 Å². The number of nitrogens with zero attached hydrogens (tertiary/aromatic N) is 1. The predicted octanol–water partition coefficient (Wildman–Crippen LogP) is 2.07. The maximum Gasteiger partial charge on any atom is 0.191 e. The van der Waals surface area contributed by atoms with E-state index in [1.165, 1.54) is 0 Å². The summed E-state index contributed by atoms with van der Waals surface area (Å²) in [6.07, 6.45) is 1.77. The molecule has 98 valence electrons. The summed E-state index contributed by atoms with van der Waals surface area (Å²) in [6, 6.07) is 7.40. The van der Waals surface area contributed by atoms with Crippen LogP contribution in [0.25, 0.3) is 0 Å². The second kappa shape index (κ2) is 8.42. The summed E-state index contributed by atoms with van der Waals surface area (Å²) in [7, 11) is 1.72. The Morgan fingerprint density at radius 3 is 2.89 bits per heavy atom. The molecule has 0 aliphatic carbocycles. The summed E-state index contributed by atoms with van der Waals surface area (Å²) in [6.45, 7) is 5.45. The van der Waals surface area contributed by atoms with E-state index in [1.54, 1.807) is 19.2 Å². The summed E-state index contributed by atoms with van der Waals surface area (Å²) in [5.41, 5.74) is 0. The number of nitrogens with one attached hydrogen (secondary N) is 2. The minimum absolute atomic E-state index is 0.512. The summed E-state index contributed by atoms with van der Waals surface area (Å²) >= 11 is 5.97. The van der Waals surface area contributed by atoms with Crippen molar-refractivity contribution < 1.29 is 4.74 Å². The molecule has 0 saturated carbocycles. The molecule has 1 aromatic rings. The van der Waals surface area contributed by atoms with Crippen molar-refractivity contribution >= 4 is 17.6 Å². The van der Waals surface area contributed by atoms with E-state index in [0.29, 0.717) is 30.5 Å². The zero-order chi connectivity index (χ0) is 13.2. The van der Waals surface area contributed by atoms with Crippen molar-refractivity contribution in [2.24, 2.45) is 4.99 Å². The topological polar surface area (TPSA) is 45.7 Å². The van der Waals surface area contributed by atoms with Gasteiger partial charge in [-0.15, -0.1) is 6.58 Å². The van der Waals surface area contributed by atoms with Crippen molar-refractivity contribution in [1.82, 2.24) is 10.6 Å². The third-order valence-corrected chi connectivity index (χ3v) is 2.44. The smallest absolute Gasteiger partial charge is 0.191 e. The Bertz CT molecular complexity index is 407. The summed E-state index contributed by atoms with van der Waals surface area (Å²) < 4.78 is 5.54. The lowest BCUT2D eigenvalue weighted by Gasteiger charge is -2.11. The number of guanidine groups is 1. The van der Waals surface area contributed by atoms with E-state index in [0.717, 1.165) is 5.96 Å². The first-order chi connectivity index (χ1) is 8.77. The van der Waals surface area contributed by atoms with Gasteiger partial charge in [0.05, 0.1) is 11.6 Å². The zero-order valence-electron chi connectivity index (χ0n) is 10.4. The third kappa shape index (κ3) is 5.10. The first-order valence-corrected chi connectivity index (χ1v) is 6.08. The van der Waals surface area contributed by atoms with Gasteiger partial charge < -0.3 is 15.4 Å². The molecular formula is C13H18ClN3O. The average Bonchev–Trinajstić information content (AvgIpc) is 2.40. The molecule has 0 saturated heterocycles. The zero-order valence-corrected chi connectivity index (χ0v) is 11.2. The molecule has 0 bridgehead atoms. The Morgan fingerprint density at radius 1 is 1.44 bits per heavy atom. The molecule has 2 N–H and O–H groups in total. The van der Waals surface area contributed by atoms with Crippen molar-refractivity contribution in [2.45, 2.75) is 0 Å². The van der Waals surface area contributed by atoms with Gasteiger partial charge >= 0.3 is 0 Å². The van der Waals surface area contributed by atoms with Crippen LogP contribution in [0.4, 0.5) is 0 Å². The first kappa shape index (κ1) is 14.4. The van der Waals surface area contributed by atoms with Gasteiger partial charge in [0, 0.05) is 13.6 Å². The lowest BCUT2D eigenvalue weighted by Crippen LogP contribution is -2.39. The van der Waals surface area contributed by atoms with E-state index in [1.807, 2.05) is 18.2 Å². The normalized spacial score (nSPS) is 10.9. The number of aliphatic imine (C=N–C) groups is 1. The fraction of sp³-hybridized carbons (Fsp3) is 0.308. The highest BCUT2D eigenvalue weighted by atomic mass is 35.5. The first-order valence-electron chi connectivity index (χ1n) is 5.70. The Hall–Kier alpha value is -1.68. The number of hydrogen-bond acceptors (Lipinski definition) is 2. The lowest BCUT2D eigenvalue weighted by molar-refractivity contribution is 0.322. The Balaban J connectivity index is 2.26. The standard InChI is InChI=1S/C13H18ClN3O/c1-3-8-16-13(15-2)17-9-10-18-12-7-5-4-6-11(12)14/h3-7H,1,8-10H2,2H3,(H2,15,16,17). The highest BCUT2D eigenvalue weighted by Gasteiger charge is 1.99. The minimum atomic E-state index is 0.512. The van der Waals surface area contributed by atoms with Crippen molar-refractivity contribution in [3.63, 3.8) is 0 Å². The van der Waals surface area contributed by atoms with Crippen molar-refractivity contribution in [2.75, 3.05) is 26.7 Å². The van der Waals surface area contributed by atoms with Crippen molar-refractivity contribution in [1.29, 1.82) is 0 Å². The number of para-hydroxylation sites is 1. The number of ether oxygens (including phenoxy) is 1. The molecule has 0 aromatic heterocycles. The minimum Gasteiger partial charge on any atom is -0.490 e. The highest BCUT2D eigenvalue weighted by molar-refractivity contribution is 6.32. The summed E-state index contributed by atoms with van der Waals surface area (Å²) in [5.74, 6) is 1.41. The van der Waals surface area contributed by atoms with Crippen molar-refractivity contribution in [3.8, 4) is 5.75 Å².